The van der Waals surface area contributed by atoms with E-state index in [4.69, 9.17) is 4.74 Å². The number of nitrogens with zero attached hydrogens (tertiary/aromatic N) is 3. The quantitative estimate of drug-likeness (QED) is 0.637. The normalized spacial score (nSPS) is 16.7. The molecule has 5 nitrogen and oxygen atoms in total. The van der Waals surface area contributed by atoms with Crippen molar-refractivity contribution in [3.05, 3.63) is 76.2 Å². The smallest absolute Gasteiger partial charge is 0.260 e. The Morgan fingerprint density at radius 2 is 1.82 bits per heavy atom. The van der Waals surface area contributed by atoms with E-state index in [0.29, 0.717) is 6.54 Å². The standard InChI is InChI=1S/C22H23N3O2S/c26-21(16-27-19-11-5-2-6-12-19)25-13-7-10-18(15-25)22-24-23-20(28-22)14-17-8-3-1-4-9-17/h1-6,8-9,11-12,18H,7,10,13-16H2. The molecule has 0 bridgehead atoms. The van der Waals surface area contributed by atoms with Crippen molar-refractivity contribution in [1.29, 1.82) is 0 Å². The fourth-order valence-corrected chi connectivity index (χ4v) is 4.43. The highest BCUT2D eigenvalue weighted by molar-refractivity contribution is 7.11. The number of carbonyl (C=O) groups excluding carboxylic acids is 1. The van der Waals surface area contributed by atoms with Gasteiger partial charge in [-0.05, 0) is 30.5 Å². The van der Waals surface area contributed by atoms with Crippen molar-refractivity contribution < 1.29 is 9.53 Å². The molecular formula is C22H23N3O2S. The SMILES string of the molecule is O=C(COc1ccccc1)N1CCCC(c2nnc(Cc3ccccc3)s2)C1. The van der Waals surface area contributed by atoms with Crippen LogP contribution in [0, 0.1) is 0 Å². The monoisotopic (exact) mass is 393 g/mol. The lowest BCUT2D eigenvalue weighted by Gasteiger charge is -2.31. The van der Waals surface area contributed by atoms with Gasteiger partial charge in [-0.25, -0.2) is 0 Å². The maximum atomic E-state index is 12.6. The van der Waals surface area contributed by atoms with Crippen molar-refractivity contribution >= 4 is 17.2 Å². The fraction of sp³-hybridized carbons (Fsp3) is 0.318. The van der Waals surface area contributed by atoms with Crippen LogP contribution in [0.5, 0.6) is 5.75 Å². The van der Waals surface area contributed by atoms with Crippen LogP contribution in [-0.4, -0.2) is 40.7 Å². The van der Waals surface area contributed by atoms with Crippen molar-refractivity contribution in [1.82, 2.24) is 15.1 Å². The summed E-state index contributed by atoms with van der Waals surface area (Å²) in [6.45, 7) is 1.55. The Morgan fingerprint density at radius 1 is 1.07 bits per heavy atom. The molecule has 1 unspecified atom stereocenters. The zero-order valence-electron chi connectivity index (χ0n) is 15.7. The lowest BCUT2D eigenvalue weighted by Crippen LogP contribution is -2.41. The lowest BCUT2D eigenvalue weighted by atomic mass is 9.99. The zero-order valence-corrected chi connectivity index (χ0v) is 16.5. The molecule has 1 fully saturated rings. The molecule has 0 radical (unpaired) electrons. The minimum atomic E-state index is 0.0302. The van der Waals surface area contributed by atoms with Crippen molar-refractivity contribution in [2.45, 2.75) is 25.2 Å². The molecule has 1 aliphatic heterocycles. The van der Waals surface area contributed by atoms with Crippen molar-refractivity contribution in [2.24, 2.45) is 0 Å². The van der Waals surface area contributed by atoms with Gasteiger partial charge >= 0.3 is 0 Å². The van der Waals surface area contributed by atoms with E-state index < -0.39 is 0 Å². The van der Waals surface area contributed by atoms with E-state index in [1.165, 1.54) is 5.56 Å². The Morgan fingerprint density at radius 3 is 2.61 bits per heavy atom. The predicted octanol–water partition coefficient (Wildman–Crippen LogP) is 3.91. The summed E-state index contributed by atoms with van der Waals surface area (Å²) < 4.78 is 5.62. The van der Waals surface area contributed by atoms with Gasteiger partial charge in [0.15, 0.2) is 6.61 Å². The summed E-state index contributed by atoms with van der Waals surface area (Å²) in [6.07, 6.45) is 2.83. The Labute approximate surface area is 169 Å². The van der Waals surface area contributed by atoms with Gasteiger partial charge in [-0.3, -0.25) is 4.79 Å². The van der Waals surface area contributed by atoms with Gasteiger partial charge < -0.3 is 9.64 Å². The minimum Gasteiger partial charge on any atom is -0.484 e. The molecule has 3 aromatic rings. The highest BCUT2D eigenvalue weighted by atomic mass is 32.1. The summed E-state index contributed by atoms with van der Waals surface area (Å²) in [5, 5.41) is 10.9. The van der Waals surface area contributed by atoms with Gasteiger partial charge in [0.25, 0.3) is 5.91 Å². The maximum Gasteiger partial charge on any atom is 0.260 e. The van der Waals surface area contributed by atoms with Gasteiger partial charge in [0.1, 0.15) is 15.8 Å². The molecule has 0 aliphatic carbocycles. The van der Waals surface area contributed by atoms with E-state index in [9.17, 15) is 4.79 Å². The van der Waals surface area contributed by atoms with Crippen LogP contribution >= 0.6 is 11.3 Å². The largest absolute Gasteiger partial charge is 0.484 e. The first kappa shape index (κ1) is 18.6. The molecule has 1 aliphatic rings. The third-order valence-corrected chi connectivity index (χ3v) is 6.00. The van der Waals surface area contributed by atoms with Crippen LogP contribution in [0.25, 0.3) is 0 Å². The lowest BCUT2D eigenvalue weighted by molar-refractivity contribution is -0.134. The zero-order chi connectivity index (χ0) is 19.2. The number of rotatable bonds is 6. The van der Waals surface area contributed by atoms with Crippen molar-refractivity contribution in [2.75, 3.05) is 19.7 Å². The van der Waals surface area contributed by atoms with Gasteiger partial charge in [-0.15, -0.1) is 21.5 Å². The number of piperidine rings is 1. The molecule has 2 aromatic carbocycles. The molecule has 4 rings (SSSR count). The Hall–Kier alpha value is -2.73. The van der Waals surface area contributed by atoms with Crippen LogP contribution in [0.3, 0.4) is 0 Å². The minimum absolute atomic E-state index is 0.0302. The second-order valence-corrected chi connectivity index (χ2v) is 8.07. The molecule has 1 atom stereocenters. The molecule has 0 saturated carbocycles. The number of ether oxygens (including phenoxy) is 1. The molecular weight excluding hydrogens is 370 g/mol. The average molecular weight is 394 g/mol. The predicted molar refractivity (Wildman–Crippen MR) is 110 cm³/mol. The first-order chi connectivity index (χ1) is 13.8. The Kier molecular flexibility index (Phi) is 5.97. The van der Waals surface area contributed by atoms with E-state index in [1.807, 2.05) is 53.4 Å². The van der Waals surface area contributed by atoms with Crippen LogP contribution in [0.1, 0.15) is 34.3 Å². The van der Waals surface area contributed by atoms with E-state index in [2.05, 4.69) is 22.3 Å². The summed E-state index contributed by atoms with van der Waals surface area (Å²) in [4.78, 5) is 14.5. The number of aromatic nitrogens is 2. The van der Waals surface area contributed by atoms with Gasteiger partial charge in [0.05, 0.1) is 0 Å². The molecule has 0 spiro atoms. The highest BCUT2D eigenvalue weighted by Crippen LogP contribution is 2.30. The molecule has 1 amide bonds. The number of amides is 1. The van der Waals surface area contributed by atoms with Crippen LogP contribution in [0.2, 0.25) is 0 Å². The molecule has 1 aromatic heterocycles. The average Bonchev–Trinajstić information content (AvgIpc) is 3.22. The molecule has 2 heterocycles. The summed E-state index contributed by atoms with van der Waals surface area (Å²) in [5.41, 5.74) is 1.24. The van der Waals surface area contributed by atoms with Crippen molar-refractivity contribution in [3.8, 4) is 5.75 Å². The summed E-state index contributed by atoms with van der Waals surface area (Å²) in [7, 11) is 0. The van der Waals surface area contributed by atoms with Gasteiger partial charge in [-0.1, -0.05) is 48.5 Å². The number of para-hydroxylation sites is 1. The second-order valence-electron chi connectivity index (χ2n) is 6.98. The molecule has 144 valence electrons. The van der Waals surface area contributed by atoms with E-state index in [1.54, 1.807) is 11.3 Å². The van der Waals surface area contributed by atoms with Crippen LogP contribution in [0.4, 0.5) is 0 Å². The number of benzene rings is 2. The summed E-state index contributed by atoms with van der Waals surface area (Å²) >= 11 is 1.67. The molecule has 28 heavy (non-hydrogen) atoms. The molecule has 6 heteroatoms. The van der Waals surface area contributed by atoms with Gasteiger partial charge in [0, 0.05) is 25.4 Å². The summed E-state index contributed by atoms with van der Waals surface area (Å²) in [5.74, 6) is 1.01. The first-order valence-corrected chi connectivity index (χ1v) is 10.4. The van der Waals surface area contributed by atoms with Crippen LogP contribution in [-0.2, 0) is 11.2 Å². The number of hydrogen-bond acceptors (Lipinski definition) is 5. The third-order valence-electron chi connectivity index (χ3n) is 4.91. The highest BCUT2D eigenvalue weighted by Gasteiger charge is 2.27. The van der Waals surface area contributed by atoms with Gasteiger partial charge in [-0.2, -0.15) is 0 Å². The maximum absolute atomic E-state index is 12.6. The molecule has 1 saturated heterocycles. The topological polar surface area (TPSA) is 55.3 Å². The third kappa shape index (κ3) is 4.75. The number of carbonyl (C=O) groups is 1. The number of hydrogen-bond donors (Lipinski definition) is 0. The van der Waals surface area contributed by atoms with Gasteiger partial charge in [0.2, 0.25) is 0 Å². The van der Waals surface area contributed by atoms with Crippen LogP contribution < -0.4 is 4.74 Å². The van der Waals surface area contributed by atoms with Crippen molar-refractivity contribution in [3.63, 3.8) is 0 Å². The Balaban J connectivity index is 1.34. The van der Waals surface area contributed by atoms with E-state index in [-0.39, 0.29) is 18.4 Å². The second kappa shape index (κ2) is 8.97. The van der Waals surface area contributed by atoms with Crippen LogP contribution in [0.15, 0.2) is 60.7 Å². The van der Waals surface area contributed by atoms with E-state index in [0.717, 1.165) is 41.6 Å². The number of likely N-dealkylation sites (tertiary alicyclic amines) is 1. The molecule has 0 N–H and O–H groups in total. The van der Waals surface area contributed by atoms with E-state index >= 15 is 0 Å². The summed E-state index contributed by atoms with van der Waals surface area (Å²) in [6, 6.07) is 19.8. The Bertz CT molecular complexity index is 898. The fourth-order valence-electron chi connectivity index (χ4n) is 3.43. The first-order valence-electron chi connectivity index (χ1n) is 9.60.